The number of hydrogen-bond donors (Lipinski definition) is 1. The van der Waals surface area contributed by atoms with Crippen LogP contribution in [0.2, 0.25) is 0 Å². The van der Waals surface area contributed by atoms with Gasteiger partial charge >= 0.3 is 6.18 Å². The Morgan fingerprint density at radius 2 is 1.67 bits per heavy atom. The Balaban J connectivity index is 2.32. The maximum atomic E-state index is 12.7. The van der Waals surface area contributed by atoms with E-state index in [-0.39, 0.29) is 17.4 Å². The zero-order valence-corrected chi connectivity index (χ0v) is 8.98. The molecule has 2 rings (SSSR count). The van der Waals surface area contributed by atoms with E-state index in [1.807, 2.05) is 0 Å². The molecular weight excluding hydrogens is 247 g/mol. The molecule has 0 atom stereocenters. The lowest BCUT2D eigenvalue weighted by molar-refractivity contribution is -0.138. The number of para-hydroxylation sites is 1. The summed E-state index contributed by atoms with van der Waals surface area (Å²) in [5, 5.41) is 0. The zero-order valence-electron chi connectivity index (χ0n) is 8.98. The van der Waals surface area contributed by atoms with Crippen LogP contribution in [0.4, 0.5) is 19.1 Å². The lowest BCUT2D eigenvalue weighted by Gasteiger charge is -2.12. The highest BCUT2D eigenvalue weighted by atomic mass is 19.4. The van der Waals surface area contributed by atoms with Gasteiger partial charge in [-0.1, -0.05) is 12.1 Å². The number of halogens is 3. The smallest absolute Gasteiger partial charge is 0.419 e. The van der Waals surface area contributed by atoms with Gasteiger partial charge in [0.1, 0.15) is 5.75 Å². The number of alkyl halides is 3. The van der Waals surface area contributed by atoms with Crippen molar-refractivity contribution in [1.29, 1.82) is 0 Å². The van der Waals surface area contributed by atoms with Gasteiger partial charge in [-0.25, -0.2) is 9.97 Å². The molecule has 18 heavy (non-hydrogen) atoms. The third-order valence-electron chi connectivity index (χ3n) is 2.07. The van der Waals surface area contributed by atoms with Crippen LogP contribution in [-0.4, -0.2) is 9.97 Å². The minimum absolute atomic E-state index is 0.0199. The van der Waals surface area contributed by atoms with Gasteiger partial charge in [0.15, 0.2) is 5.75 Å². The quantitative estimate of drug-likeness (QED) is 0.896. The molecule has 0 amide bonds. The normalized spacial score (nSPS) is 11.3. The van der Waals surface area contributed by atoms with Crippen LogP contribution >= 0.6 is 0 Å². The van der Waals surface area contributed by atoms with E-state index in [4.69, 9.17) is 10.5 Å². The Bertz CT molecular complexity index is 540. The highest BCUT2D eigenvalue weighted by Crippen LogP contribution is 2.37. The topological polar surface area (TPSA) is 61.0 Å². The van der Waals surface area contributed by atoms with E-state index in [2.05, 4.69) is 9.97 Å². The van der Waals surface area contributed by atoms with Crippen molar-refractivity contribution < 1.29 is 17.9 Å². The SMILES string of the molecule is Nc1ncc(Oc2ccccc2C(F)(F)F)cn1. The number of nitrogen functional groups attached to an aromatic ring is 1. The lowest BCUT2D eigenvalue weighted by atomic mass is 10.2. The summed E-state index contributed by atoms with van der Waals surface area (Å²) in [6, 6.07) is 4.89. The van der Waals surface area contributed by atoms with Crippen LogP contribution in [0.15, 0.2) is 36.7 Å². The number of ether oxygens (including phenoxy) is 1. The summed E-state index contributed by atoms with van der Waals surface area (Å²) >= 11 is 0. The molecule has 94 valence electrons. The summed E-state index contributed by atoms with van der Waals surface area (Å²) in [7, 11) is 0. The van der Waals surface area contributed by atoms with Gasteiger partial charge in [0.05, 0.1) is 18.0 Å². The molecule has 0 saturated heterocycles. The van der Waals surface area contributed by atoms with Gasteiger partial charge < -0.3 is 10.5 Å². The Morgan fingerprint density at radius 3 is 2.28 bits per heavy atom. The van der Waals surface area contributed by atoms with Gasteiger partial charge in [-0.15, -0.1) is 0 Å². The van der Waals surface area contributed by atoms with Gasteiger partial charge in [0, 0.05) is 0 Å². The summed E-state index contributed by atoms with van der Waals surface area (Å²) in [4.78, 5) is 7.26. The number of aromatic nitrogens is 2. The van der Waals surface area contributed by atoms with Crippen LogP contribution in [0, 0.1) is 0 Å². The van der Waals surface area contributed by atoms with E-state index in [0.29, 0.717) is 0 Å². The Kier molecular flexibility index (Phi) is 3.05. The highest BCUT2D eigenvalue weighted by Gasteiger charge is 2.34. The molecule has 0 spiro atoms. The first-order chi connectivity index (χ1) is 8.47. The monoisotopic (exact) mass is 255 g/mol. The van der Waals surface area contributed by atoms with E-state index in [1.54, 1.807) is 0 Å². The van der Waals surface area contributed by atoms with Crippen LogP contribution in [0.5, 0.6) is 11.5 Å². The minimum Gasteiger partial charge on any atom is -0.453 e. The van der Waals surface area contributed by atoms with Crippen molar-refractivity contribution in [3.8, 4) is 11.5 Å². The molecule has 0 bridgehead atoms. The number of nitrogens with two attached hydrogens (primary N) is 1. The van der Waals surface area contributed by atoms with Gasteiger partial charge in [0.2, 0.25) is 5.95 Å². The molecule has 0 aliphatic rings. The molecule has 1 aromatic heterocycles. The Labute approximate surface area is 100 Å². The van der Waals surface area contributed by atoms with E-state index in [0.717, 1.165) is 6.07 Å². The lowest BCUT2D eigenvalue weighted by Crippen LogP contribution is -2.07. The van der Waals surface area contributed by atoms with Gasteiger partial charge in [0.25, 0.3) is 0 Å². The number of rotatable bonds is 2. The van der Waals surface area contributed by atoms with E-state index >= 15 is 0 Å². The molecule has 2 aromatic rings. The van der Waals surface area contributed by atoms with Crippen molar-refractivity contribution in [3.05, 3.63) is 42.2 Å². The molecule has 1 heterocycles. The fourth-order valence-corrected chi connectivity index (χ4v) is 1.30. The maximum Gasteiger partial charge on any atom is 0.419 e. The van der Waals surface area contributed by atoms with Crippen molar-refractivity contribution >= 4 is 5.95 Å². The second-order valence-corrected chi connectivity index (χ2v) is 3.37. The van der Waals surface area contributed by atoms with Gasteiger partial charge in [-0.3, -0.25) is 0 Å². The summed E-state index contributed by atoms with van der Waals surface area (Å²) in [6.07, 6.45) is -2.07. The van der Waals surface area contributed by atoms with Crippen molar-refractivity contribution in [3.63, 3.8) is 0 Å². The first-order valence-corrected chi connectivity index (χ1v) is 4.88. The predicted molar refractivity (Wildman–Crippen MR) is 58.0 cm³/mol. The van der Waals surface area contributed by atoms with Crippen LogP contribution in [-0.2, 0) is 6.18 Å². The average molecular weight is 255 g/mol. The Hall–Kier alpha value is -2.31. The van der Waals surface area contributed by atoms with Gasteiger partial charge in [-0.2, -0.15) is 13.2 Å². The molecule has 0 aliphatic heterocycles. The summed E-state index contributed by atoms with van der Waals surface area (Å²) < 4.78 is 43.1. The first-order valence-electron chi connectivity index (χ1n) is 4.88. The molecule has 0 fully saturated rings. The van der Waals surface area contributed by atoms with E-state index < -0.39 is 11.7 Å². The molecule has 0 radical (unpaired) electrons. The second kappa shape index (κ2) is 4.52. The summed E-state index contributed by atoms with van der Waals surface area (Å²) in [5.74, 6) is -0.203. The van der Waals surface area contributed by atoms with E-state index in [9.17, 15) is 13.2 Å². The molecule has 4 nitrogen and oxygen atoms in total. The van der Waals surface area contributed by atoms with Gasteiger partial charge in [-0.05, 0) is 12.1 Å². The van der Waals surface area contributed by atoms with Crippen LogP contribution in [0.25, 0.3) is 0 Å². The second-order valence-electron chi connectivity index (χ2n) is 3.37. The van der Waals surface area contributed by atoms with Crippen molar-refractivity contribution in [1.82, 2.24) is 9.97 Å². The van der Waals surface area contributed by atoms with E-state index in [1.165, 1.54) is 30.6 Å². The number of nitrogens with zero attached hydrogens (tertiary/aromatic N) is 2. The third-order valence-corrected chi connectivity index (χ3v) is 2.07. The summed E-state index contributed by atoms with van der Waals surface area (Å²) in [5.41, 5.74) is 4.40. The minimum atomic E-state index is -4.48. The van der Waals surface area contributed by atoms with Crippen LogP contribution in [0.3, 0.4) is 0 Å². The maximum absolute atomic E-state index is 12.7. The third kappa shape index (κ3) is 2.68. The summed E-state index contributed by atoms with van der Waals surface area (Å²) in [6.45, 7) is 0. The number of hydrogen-bond acceptors (Lipinski definition) is 4. The predicted octanol–water partition coefficient (Wildman–Crippen LogP) is 2.87. The molecule has 0 saturated carbocycles. The standard InChI is InChI=1S/C11H8F3N3O/c12-11(13,14)8-3-1-2-4-9(8)18-7-5-16-10(15)17-6-7/h1-6H,(H2,15,16,17). The fraction of sp³-hybridized carbons (Fsp3) is 0.0909. The average Bonchev–Trinajstić information content (AvgIpc) is 2.31. The molecule has 2 N–H and O–H groups in total. The molecule has 0 aliphatic carbocycles. The largest absolute Gasteiger partial charge is 0.453 e. The highest BCUT2D eigenvalue weighted by molar-refractivity contribution is 5.38. The first kappa shape index (κ1) is 12.2. The molecule has 1 aromatic carbocycles. The molecule has 7 heteroatoms. The molecular formula is C11H8F3N3O. The van der Waals surface area contributed by atoms with Crippen molar-refractivity contribution in [2.75, 3.05) is 5.73 Å². The van der Waals surface area contributed by atoms with Crippen LogP contribution in [0.1, 0.15) is 5.56 Å². The number of anilines is 1. The number of benzene rings is 1. The van der Waals surface area contributed by atoms with Crippen molar-refractivity contribution in [2.45, 2.75) is 6.18 Å². The Morgan fingerprint density at radius 1 is 1.06 bits per heavy atom. The molecule has 0 unspecified atom stereocenters. The van der Waals surface area contributed by atoms with Crippen molar-refractivity contribution in [2.24, 2.45) is 0 Å². The van der Waals surface area contributed by atoms with Crippen LogP contribution < -0.4 is 10.5 Å². The fourth-order valence-electron chi connectivity index (χ4n) is 1.30. The zero-order chi connectivity index (χ0) is 13.2.